The highest BCUT2D eigenvalue weighted by Crippen LogP contribution is 2.29. The lowest BCUT2D eigenvalue weighted by Crippen LogP contribution is -2.56. The van der Waals surface area contributed by atoms with Gasteiger partial charge in [-0.2, -0.15) is 0 Å². The van der Waals surface area contributed by atoms with E-state index in [-0.39, 0.29) is 43.2 Å². The highest BCUT2D eigenvalue weighted by Gasteiger charge is 2.33. The van der Waals surface area contributed by atoms with Crippen molar-refractivity contribution in [1.82, 2.24) is 9.80 Å². The van der Waals surface area contributed by atoms with Crippen molar-refractivity contribution < 1.29 is 24.2 Å². The first-order chi connectivity index (χ1) is 10.9. The number of rotatable bonds is 3. The molecule has 0 spiro atoms. The van der Waals surface area contributed by atoms with Gasteiger partial charge in [-0.05, 0) is 34.5 Å². The number of carbonyl (C=O) groups is 2. The van der Waals surface area contributed by atoms with Gasteiger partial charge in [0, 0.05) is 30.7 Å². The Hall–Kier alpha value is -1.38. The van der Waals surface area contributed by atoms with Crippen molar-refractivity contribution >= 4 is 39.5 Å². The minimum atomic E-state index is -1.09. The van der Waals surface area contributed by atoms with Crippen LogP contribution in [-0.4, -0.2) is 64.3 Å². The number of nitrogens with zero attached hydrogens (tertiary/aromatic N) is 2. The van der Waals surface area contributed by atoms with Crippen LogP contribution in [0.25, 0.3) is 0 Å². The van der Waals surface area contributed by atoms with Gasteiger partial charge in [-0.15, -0.1) is 0 Å². The number of hydrogen-bond donors (Lipinski definition) is 2. The summed E-state index contributed by atoms with van der Waals surface area (Å²) in [5.74, 6) is -1.39. The van der Waals surface area contributed by atoms with E-state index >= 15 is 0 Å². The first-order valence-corrected chi connectivity index (χ1v) is 8.07. The van der Waals surface area contributed by atoms with Crippen LogP contribution in [0, 0.1) is 5.82 Å². The molecular weight excluding hydrogens is 395 g/mol. The molecule has 23 heavy (non-hydrogen) atoms. The Morgan fingerprint density at radius 1 is 1.39 bits per heavy atom. The van der Waals surface area contributed by atoms with Crippen LogP contribution in [0.1, 0.15) is 16.8 Å². The van der Waals surface area contributed by atoms with Gasteiger partial charge in [0.05, 0.1) is 16.6 Å². The molecule has 126 valence electrons. The van der Waals surface area contributed by atoms with Crippen molar-refractivity contribution in [3.8, 4) is 0 Å². The summed E-state index contributed by atoms with van der Waals surface area (Å²) in [6.45, 7) is 0.136. The smallest absolute Gasteiger partial charge is 0.407 e. The van der Waals surface area contributed by atoms with E-state index in [2.05, 4.69) is 15.9 Å². The number of benzene rings is 1. The first kappa shape index (κ1) is 18.0. The Labute approximate surface area is 145 Å². The number of hydrogen-bond acceptors (Lipinski definition) is 3. The Morgan fingerprint density at radius 3 is 2.70 bits per heavy atom. The number of amides is 2. The average molecular weight is 410 g/mol. The minimum Gasteiger partial charge on any atom is -0.465 e. The summed E-state index contributed by atoms with van der Waals surface area (Å²) in [5.41, 5.74) is -0.176. The largest absolute Gasteiger partial charge is 0.465 e. The lowest BCUT2D eigenvalue weighted by Gasteiger charge is -2.40. The van der Waals surface area contributed by atoms with Crippen molar-refractivity contribution in [2.45, 2.75) is 12.5 Å². The zero-order valence-electron chi connectivity index (χ0n) is 12.0. The highest BCUT2D eigenvalue weighted by molar-refractivity contribution is 9.10. The summed E-state index contributed by atoms with van der Waals surface area (Å²) < 4.78 is 14.6. The van der Waals surface area contributed by atoms with E-state index in [1.807, 2.05) is 0 Å². The van der Waals surface area contributed by atoms with Crippen LogP contribution < -0.4 is 0 Å². The molecule has 1 aliphatic heterocycles. The van der Waals surface area contributed by atoms with Crippen molar-refractivity contribution in [3.63, 3.8) is 0 Å². The molecule has 0 saturated carbocycles. The monoisotopic (exact) mass is 408 g/mol. The Morgan fingerprint density at radius 2 is 2.09 bits per heavy atom. The maximum Gasteiger partial charge on any atom is 0.407 e. The molecule has 1 aromatic rings. The van der Waals surface area contributed by atoms with Crippen molar-refractivity contribution in [2.24, 2.45) is 0 Å². The van der Waals surface area contributed by atoms with Crippen molar-refractivity contribution in [1.29, 1.82) is 0 Å². The summed E-state index contributed by atoms with van der Waals surface area (Å²) in [6, 6.07) is 2.29. The summed E-state index contributed by atoms with van der Waals surface area (Å²) in [7, 11) is 0. The predicted molar refractivity (Wildman–Crippen MR) is 85.2 cm³/mol. The fourth-order valence-corrected chi connectivity index (χ4v) is 3.01. The van der Waals surface area contributed by atoms with Crippen LogP contribution in [0.15, 0.2) is 16.6 Å². The zero-order chi connectivity index (χ0) is 17.1. The summed E-state index contributed by atoms with van der Waals surface area (Å²) in [4.78, 5) is 26.2. The zero-order valence-corrected chi connectivity index (χ0v) is 14.3. The molecule has 1 saturated heterocycles. The van der Waals surface area contributed by atoms with Gasteiger partial charge in [0.2, 0.25) is 0 Å². The van der Waals surface area contributed by atoms with Crippen LogP contribution in [0.3, 0.4) is 0 Å². The molecule has 2 amide bonds. The molecule has 2 N–H and O–H groups in total. The third kappa shape index (κ3) is 3.76. The Kier molecular flexibility index (Phi) is 5.83. The molecule has 6 nitrogen and oxygen atoms in total. The molecule has 0 aliphatic carbocycles. The number of aliphatic hydroxyl groups is 1. The van der Waals surface area contributed by atoms with E-state index in [1.165, 1.54) is 21.9 Å². The average Bonchev–Trinajstić information content (AvgIpc) is 2.52. The van der Waals surface area contributed by atoms with Crippen molar-refractivity contribution in [3.05, 3.63) is 33.0 Å². The second-order valence-electron chi connectivity index (χ2n) is 5.12. The van der Waals surface area contributed by atoms with E-state index in [0.29, 0.717) is 4.47 Å². The van der Waals surface area contributed by atoms with Crippen LogP contribution in [-0.2, 0) is 0 Å². The summed E-state index contributed by atoms with van der Waals surface area (Å²) >= 11 is 8.89. The molecule has 1 aromatic carbocycles. The normalized spacial score (nSPS) is 18.2. The van der Waals surface area contributed by atoms with E-state index < -0.39 is 23.9 Å². The fourth-order valence-electron chi connectivity index (χ4n) is 2.54. The van der Waals surface area contributed by atoms with Crippen LogP contribution in [0.2, 0.25) is 5.02 Å². The molecule has 0 unspecified atom stereocenters. The second-order valence-corrected chi connectivity index (χ2v) is 6.35. The Balaban J connectivity index is 2.27. The molecule has 1 fully saturated rings. The predicted octanol–water partition coefficient (Wildman–Crippen LogP) is 2.43. The number of carbonyl (C=O) groups excluding carboxylic acids is 1. The second kappa shape index (κ2) is 7.46. The lowest BCUT2D eigenvalue weighted by atomic mass is 10.1. The number of aliphatic hydroxyl groups excluding tert-OH is 1. The van der Waals surface area contributed by atoms with Crippen LogP contribution >= 0.6 is 27.5 Å². The van der Waals surface area contributed by atoms with Gasteiger partial charge < -0.3 is 20.0 Å². The topological polar surface area (TPSA) is 81.1 Å². The molecule has 2 rings (SSSR count). The third-order valence-corrected chi connectivity index (χ3v) is 5.00. The molecular formula is C14H15BrClFN2O4. The van der Waals surface area contributed by atoms with Gasteiger partial charge in [0.1, 0.15) is 0 Å². The van der Waals surface area contributed by atoms with Gasteiger partial charge in [-0.1, -0.05) is 11.6 Å². The molecule has 9 heteroatoms. The summed E-state index contributed by atoms with van der Waals surface area (Å²) in [6.07, 6.45) is -0.876. The lowest BCUT2D eigenvalue weighted by molar-refractivity contribution is 0.0394. The van der Waals surface area contributed by atoms with E-state index in [1.54, 1.807) is 0 Å². The van der Waals surface area contributed by atoms with Gasteiger partial charge in [0.15, 0.2) is 5.82 Å². The fraction of sp³-hybridized carbons (Fsp3) is 0.429. The Bertz CT molecular complexity index is 631. The SMILES string of the molecule is O=C(O)N1CCN(C(=O)c2ccc(Br)c(Cl)c2F)[C@@H](CCO)C1. The van der Waals surface area contributed by atoms with E-state index in [4.69, 9.17) is 21.8 Å². The molecule has 1 atom stereocenters. The molecule has 0 aromatic heterocycles. The van der Waals surface area contributed by atoms with Gasteiger partial charge in [-0.25, -0.2) is 9.18 Å². The molecule has 1 aliphatic rings. The standard InChI is InChI=1S/C14H15BrClFN2O4/c15-10-2-1-9(12(17)11(10)16)13(21)19-5-4-18(14(22)23)7-8(19)3-6-20/h1-2,8,20H,3-7H2,(H,22,23)/t8-/m0/s1. The van der Waals surface area contributed by atoms with Gasteiger partial charge >= 0.3 is 6.09 Å². The third-order valence-electron chi connectivity index (χ3n) is 3.74. The van der Waals surface area contributed by atoms with Crippen LogP contribution in [0.5, 0.6) is 0 Å². The maximum atomic E-state index is 14.2. The van der Waals surface area contributed by atoms with Crippen LogP contribution in [0.4, 0.5) is 9.18 Å². The number of carboxylic acid groups (broad SMARTS) is 1. The maximum absolute atomic E-state index is 14.2. The first-order valence-electron chi connectivity index (χ1n) is 6.90. The highest BCUT2D eigenvalue weighted by atomic mass is 79.9. The van der Waals surface area contributed by atoms with Gasteiger partial charge in [-0.3, -0.25) is 4.79 Å². The van der Waals surface area contributed by atoms with Gasteiger partial charge in [0.25, 0.3) is 5.91 Å². The number of piperazine rings is 1. The van der Waals surface area contributed by atoms with Crippen molar-refractivity contribution in [2.75, 3.05) is 26.2 Å². The van der Waals surface area contributed by atoms with E-state index in [9.17, 15) is 14.0 Å². The minimum absolute atomic E-state index is 0.0769. The number of halogens is 3. The molecule has 1 heterocycles. The molecule has 0 radical (unpaired) electrons. The quantitative estimate of drug-likeness (QED) is 0.751. The summed E-state index contributed by atoms with van der Waals surface area (Å²) in [5, 5.41) is 18.0. The van der Waals surface area contributed by atoms with E-state index in [0.717, 1.165) is 0 Å². The molecule has 0 bridgehead atoms.